The van der Waals surface area contributed by atoms with Gasteiger partial charge in [0.15, 0.2) is 5.82 Å². The summed E-state index contributed by atoms with van der Waals surface area (Å²) in [5, 5.41) is 8.89. The van der Waals surface area contributed by atoms with Crippen molar-refractivity contribution in [3.05, 3.63) is 30.5 Å². The van der Waals surface area contributed by atoms with E-state index < -0.39 is 0 Å². The Morgan fingerprint density at radius 2 is 1.73 bits per heavy atom. The van der Waals surface area contributed by atoms with Crippen LogP contribution >= 0.6 is 0 Å². The van der Waals surface area contributed by atoms with Crippen LogP contribution < -0.4 is 9.80 Å². The smallest absolute Gasteiger partial charge is 0.151 e. The number of anilines is 2. The Kier molecular flexibility index (Phi) is 4.51. The molecule has 0 amide bonds. The summed E-state index contributed by atoms with van der Waals surface area (Å²) in [6.45, 7) is 2.17. The van der Waals surface area contributed by atoms with Crippen molar-refractivity contribution in [3.63, 3.8) is 0 Å². The summed E-state index contributed by atoms with van der Waals surface area (Å²) < 4.78 is 0. The SMILES string of the molecule is CN(C)c1ncccc1-c1ccc(N2CCCCCC2)nn1. The largest absolute Gasteiger partial charge is 0.362 e. The Bertz CT molecular complexity index is 601. The third kappa shape index (κ3) is 3.18. The van der Waals surface area contributed by atoms with Gasteiger partial charge < -0.3 is 9.80 Å². The minimum Gasteiger partial charge on any atom is -0.362 e. The molecule has 0 spiro atoms. The quantitative estimate of drug-likeness (QED) is 0.871. The van der Waals surface area contributed by atoms with Gasteiger partial charge in [-0.1, -0.05) is 12.8 Å². The van der Waals surface area contributed by atoms with Gasteiger partial charge in [-0.05, 0) is 37.1 Å². The lowest BCUT2D eigenvalue weighted by Crippen LogP contribution is -2.25. The van der Waals surface area contributed by atoms with Gasteiger partial charge in [0.1, 0.15) is 5.82 Å². The van der Waals surface area contributed by atoms with E-state index in [1.807, 2.05) is 31.1 Å². The minimum absolute atomic E-state index is 0.871. The second-order valence-electron chi connectivity index (χ2n) is 5.95. The van der Waals surface area contributed by atoms with E-state index in [1.54, 1.807) is 6.20 Å². The van der Waals surface area contributed by atoms with Crippen molar-refractivity contribution in [2.24, 2.45) is 0 Å². The summed E-state index contributed by atoms with van der Waals surface area (Å²) in [5.74, 6) is 1.90. The van der Waals surface area contributed by atoms with Crippen molar-refractivity contribution in [3.8, 4) is 11.3 Å². The molecule has 22 heavy (non-hydrogen) atoms. The summed E-state index contributed by atoms with van der Waals surface area (Å²) in [4.78, 5) is 8.77. The monoisotopic (exact) mass is 297 g/mol. The number of rotatable bonds is 3. The topological polar surface area (TPSA) is 45.2 Å². The van der Waals surface area contributed by atoms with Crippen LogP contribution in [0.15, 0.2) is 30.5 Å². The molecule has 5 nitrogen and oxygen atoms in total. The number of hydrogen-bond acceptors (Lipinski definition) is 5. The maximum atomic E-state index is 4.45. The standard InChI is InChI=1S/C17H23N5/c1-21(2)17-14(8-7-11-18-17)15-9-10-16(20-19-15)22-12-5-3-4-6-13-22/h7-11H,3-6,12-13H2,1-2H3. The van der Waals surface area contributed by atoms with Gasteiger partial charge in [-0.3, -0.25) is 0 Å². The van der Waals surface area contributed by atoms with Gasteiger partial charge in [-0.25, -0.2) is 4.98 Å². The van der Waals surface area contributed by atoms with Crippen LogP contribution in [-0.4, -0.2) is 42.4 Å². The molecule has 0 radical (unpaired) electrons. The van der Waals surface area contributed by atoms with Crippen LogP contribution in [0.1, 0.15) is 25.7 Å². The molecule has 1 fully saturated rings. The zero-order valence-electron chi connectivity index (χ0n) is 13.4. The predicted octanol–water partition coefficient (Wildman–Crippen LogP) is 2.99. The highest BCUT2D eigenvalue weighted by Crippen LogP contribution is 2.26. The van der Waals surface area contributed by atoms with E-state index in [2.05, 4.69) is 32.2 Å². The van der Waals surface area contributed by atoms with Crippen molar-refractivity contribution in [1.29, 1.82) is 0 Å². The summed E-state index contributed by atoms with van der Waals surface area (Å²) >= 11 is 0. The molecule has 5 heteroatoms. The fourth-order valence-electron chi connectivity index (χ4n) is 2.89. The van der Waals surface area contributed by atoms with E-state index in [0.717, 1.165) is 36.0 Å². The van der Waals surface area contributed by atoms with Gasteiger partial charge in [0.25, 0.3) is 0 Å². The second-order valence-corrected chi connectivity index (χ2v) is 5.95. The third-order valence-corrected chi connectivity index (χ3v) is 4.07. The first-order valence-corrected chi connectivity index (χ1v) is 7.97. The Balaban J connectivity index is 1.85. The predicted molar refractivity (Wildman–Crippen MR) is 90.3 cm³/mol. The van der Waals surface area contributed by atoms with Crippen LogP contribution in [0, 0.1) is 0 Å². The summed E-state index contributed by atoms with van der Waals surface area (Å²) in [5.41, 5.74) is 1.89. The van der Waals surface area contributed by atoms with Gasteiger partial charge in [0.2, 0.25) is 0 Å². The van der Waals surface area contributed by atoms with E-state index >= 15 is 0 Å². The molecule has 2 aromatic rings. The lowest BCUT2D eigenvalue weighted by atomic mass is 10.1. The molecule has 1 aliphatic rings. The number of nitrogens with zero attached hydrogens (tertiary/aromatic N) is 5. The van der Waals surface area contributed by atoms with E-state index in [0.29, 0.717) is 0 Å². The zero-order valence-corrected chi connectivity index (χ0v) is 13.4. The van der Waals surface area contributed by atoms with Crippen LogP contribution in [0.2, 0.25) is 0 Å². The Labute approximate surface area is 132 Å². The highest BCUT2D eigenvalue weighted by molar-refractivity contribution is 5.72. The molecule has 0 N–H and O–H groups in total. The van der Waals surface area contributed by atoms with E-state index in [1.165, 1.54) is 25.7 Å². The normalized spacial score (nSPS) is 15.5. The first-order valence-electron chi connectivity index (χ1n) is 7.97. The maximum absolute atomic E-state index is 4.45. The molecule has 1 aliphatic heterocycles. The Hall–Kier alpha value is -2.17. The van der Waals surface area contributed by atoms with Crippen molar-refractivity contribution in [2.75, 3.05) is 37.0 Å². The lowest BCUT2D eigenvalue weighted by molar-refractivity contribution is 0.726. The average molecular weight is 297 g/mol. The first kappa shape index (κ1) is 14.8. The van der Waals surface area contributed by atoms with Gasteiger partial charge in [0.05, 0.1) is 5.69 Å². The van der Waals surface area contributed by atoms with Crippen molar-refractivity contribution < 1.29 is 0 Å². The fourth-order valence-corrected chi connectivity index (χ4v) is 2.89. The van der Waals surface area contributed by atoms with E-state index in [9.17, 15) is 0 Å². The van der Waals surface area contributed by atoms with Gasteiger partial charge in [-0.2, -0.15) is 0 Å². The second kappa shape index (κ2) is 6.73. The molecule has 1 saturated heterocycles. The molecule has 0 aromatic carbocycles. The third-order valence-electron chi connectivity index (χ3n) is 4.07. The zero-order chi connectivity index (χ0) is 15.4. The molecule has 0 bridgehead atoms. The van der Waals surface area contributed by atoms with Gasteiger partial charge in [0, 0.05) is 38.9 Å². The lowest BCUT2D eigenvalue weighted by Gasteiger charge is -2.21. The Morgan fingerprint density at radius 3 is 2.36 bits per heavy atom. The van der Waals surface area contributed by atoms with Crippen molar-refractivity contribution in [2.45, 2.75) is 25.7 Å². The summed E-state index contributed by atoms with van der Waals surface area (Å²) in [6.07, 6.45) is 6.94. The molecular formula is C17H23N5. The summed E-state index contributed by atoms with van der Waals surface area (Å²) in [6, 6.07) is 8.11. The molecular weight excluding hydrogens is 274 g/mol. The number of aromatic nitrogens is 3. The molecule has 116 valence electrons. The van der Waals surface area contributed by atoms with E-state index in [-0.39, 0.29) is 0 Å². The molecule has 0 atom stereocenters. The van der Waals surface area contributed by atoms with E-state index in [4.69, 9.17) is 0 Å². The molecule has 3 rings (SSSR count). The molecule has 0 aliphatic carbocycles. The molecule has 0 unspecified atom stereocenters. The summed E-state index contributed by atoms with van der Waals surface area (Å²) in [7, 11) is 3.98. The molecule has 2 aromatic heterocycles. The van der Waals surface area contributed by atoms with Crippen LogP contribution in [0.3, 0.4) is 0 Å². The maximum Gasteiger partial charge on any atom is 0.151 e. The Morgan fingerprint density at radius 1 is 0.955 bits per heavy atom. The highest BCUT2D eigenvalue weighted by atomic mass is 15.3. The minimum atomic E-state index is 0.871. The fraction of sp³-hybridized carbons (Fsp3) is 0.471. The number of hydrogen-bond donors (Lipinski definition) is 0. The van der Waals surface area contributed by atoms with Crippen LogP contribution in [0.4, 0.5) is 11.6 Å². The number of pyridine rings is 1. The average Bonchev–Trinajstić information content (AvgIpc) is 2.84. The highest BCUT2D eigenvalue weighted by Gasteiger charge is 2.13. The van der Waals surface area contributed by atoms with Gasteiger partial charge in [-0.15, -0.1) is 10.2 Å². The molecule has 0 saturated carbocycles. The van der Waals surface area contributed by atoms with Crippen LogP contribution in [0.25, 0.3) is 11.3 Å². The van der Waals surface area contributed by atoms with Crippen molar-refractivity contribution in [1.82, 2.24) is 15.2 Å². The van der Waals surface area contributed by atoms with Crippen LogP contribution in [-0.2, 0) is 0 Å². The van der Waals surface area contributed by atoms with Crippen LogP contribution in [0.5, 0.6) is 0 Å². The first-order chi connectivity index (χ1) is 10.8. The molecule has 3 heterocycles. The van der Waals surface area contributed by atoms with Crippen molar-refractivity contribution >= 4 is 11.6 Å². The van der Waals surface area contributed by atoms with Gasteiger partial charge >= 0.3 is 0 Å².